The predicted molar refractivity (Wildman–Crippen MR) is 75.1 cm³/mol. The Bertz CT molecular complexity index is 650. The summed E-state index contributed by atoms with van der Waals surface area (Å²) in [6.07, 6.45) is 5.83. The van der Waals surface area contributed by atoms with Crippen LogP contribution in [-0.2, 0) is 0 Å². The molecule has 0 amide bonds. The van der Waals surface area contributed by atoms with E-state index in [1.165, 1.54) is 0 Å². The van der Waals surface area contributed by atoms with Gasteiger partial charge in [0.1, 0.15) is 23.2 Å². The summed E-state index contributed by atoms with van der Waals surface area (Å²) in [4.78, 5) is 1.79. The van der Waals surface area contributed by atoms with Gasteiger partial charge in [-0.05, 0) is 6.42 Å². The first-order valence-corrected chi connectivity index (χ1v) is 6.41. The standard InChI is InChI=1S/C14H13ClFN3O/c1-19(2)7-6-12-9(8-17)14(18-20-12)13-10(15)4-3-5-11(13)16/h4,6-7H,3,5H2,1-2H3/b7-6+. The van der Waals surface area contributed by atoms with Gasteiger partial charge in [0, 0.05) is 37.8 Å². The van der Waals surface area contributed by atoms with Gasteiger partial charge in [0.25, 0.3) is 0 Å². The molecular formula is C14H13ClFN3O. The van der Waals surface area contributed by atoms with E-state index in [2.05, 4.69) is 5.16 Å². The van der Waals surface area contributed by atoms with Crippen molar-refractivity contribution in [3.63, 3.8) is 0 Å². The van der Waals surface area contributed by atoms with Crippen molar-refractivity contribution in [3.8, 4) is 6.07 Å². The maximum Gasteiger partial charge on any atom is 0.179 e. The summed E-state index contributed by atoms with van der Waals surface area (Å²) in [5.41, 5.74) is 0.494. The fourth-order valence-corrected chi connectivity index (χ4v) is 2.14. The van der Waals surface area contributed by atoms with Gasteiger partial charge in [-0.15, -0.1) is 0 Å². The van der Waals surface area contributed by atoms with Crippen LogP contribution in [0.4, 0.5) is 4.39 Å². The fraction of sp³-hybridized carbons (Fsp3) is 0.286. The molecule has 0 saturated heterocycles. The van der Waals surface area contributed by atoms with Gasteiger partial charge in [0.05, 0.1) is 5.57 Å². The van der Waals surface area contributed by atoms with Gasteiger partial charge in [-0.1, -0.05) is 22.8 Å². The van der Waals surface area contributed by atoms with E-state index in [4.69, 9.17) is 16.1 Å². The van der Waals surface area contributed by atoms with Gasteiger partial charge in [-0.25, -0.2) is 4.39 Å². The van der Waals surface area contributed by atoms with E-state index in [-0.39, 0.29) is 39.9 Å². The average molecular weight is 294 g/mol. The van der Waals surface area contributed by atoms with Crippen LogP contribution in [0.15, 0.2) is 27.7 Å². The number of hydrogen-bond acceptors (Lipinski definition) is 4. The summed E-state index contributed by atoms with van der Waals surface area (Å²) in [6, 6.07) is 1.99. The van der Waals surface area contributed by atoms with E-state index in [0.29, 0.717) is 6.42 Å². The molecule has 0 atom stereocenters. The smallest absolute Gasteiger partial charge is 0.179 e. The molecule has 104 valence electrons. The molecular weight excluding hydrogens is 281 g/mol. The molecule has 0 radical (unpaired) electrons. The van der Waals surface area contributed by atoms with Gasteiger partial charge in [0.15, 0.2) is 5.76 Å². The summed E-state index contributed by atoms with van der Waals surface area (Å²) in [6.45, 7) is 0. The molecule has 0 saturated carbocycles. The molecule has 0 aliphatic heterocycles. The van der Waals surface area contributed by atoms with E-state index in [1.807, 2.05) is 20.2 Å². The quantitative estimate of drug-likeness (QED) is 0.853. The highest BCUT2D eigenvalue weighted by molar-refractivity contribution is 6.37. The third-order valence-electron chi connectivity index (χ3n) is 2.79. The minimum Gasteiger partial charge on any atom is -0.383 e. The molecule has 1 aliphatic rings. The molecule has 20 heavy (non-hydrogen) atoms. The zero-order valence-corrected chi connectivity index (χ0v) is 11.9. The highest BCUT2D eigenvalue weighted by Gasteiger charge is 2.25. The van der Waals surface area contributed by atoms with Crippen molar-refractivity contribution in [1.82, 2.24) is 10.1 Å². The summed E-state index contributed by atoms with van der Waals surface area (Å²) in [5, 5.41) is 13.3. The number of halogens is 2. The number of allylic oxidation sites excluding steroid dienone is 4. The van der Waals surface area contributed by atoms with Crippen LogP contribution in [0.25, 0.3) is 11.6 Å². The second-order valence-corrected chi connectivity index (χ2v) is 4.94. The van der Waals surface area contributed by atoms with Crippen LogP contribution in [0.3, 0.4) is 0 Å². The summed E-state index contributed by atoms with van der Waals surface area (Å²) in [7, 11) is 3.67. The Morgan fingerprint density at radius 3 is 2.90 bits per heavy atom. The van der Waals surface area contributed by atoms with E-state index in [1.54, 1.807) is 23.3 Å². The van der Waals surface area contributed by atoms with E-state index in [0.717, 1.165) is 0 Å². The maximum absolute atomic E-state index is 14.0. The topological polar surface area (TPSA) is 53.1 Å². The third-order valence-corrected chi connectivity index (χ3v) is 3.13. The largest absolute Gasteiger partial charge is 0.383 e. The molecule has 0 aromatic carbocycles. The molecule has 1 aromatic rings. The van der Waals surface area contributed by atoms with Crippen LogP contribution in [0, 0.1) is 11.3 Å². The van der Waals surface area contributed by atoms with Crippen molar-refractivity contribution in [2.75, 3.05) is 14.1 Å². The Labute approximate surface area is 121 Å². The van der Waals surface area contributed by atoms with Crippen LogP contribution in [0.1, 0.15) is 29.9 Å². The van der Waals surface area contributed by atoms with Gasteiger partial charge < -0.3 is 9.42 Å². The van der Waals surface area contributed by atoms with Crippen LogP contribution in [0.5, 0.6) is 0 Å². The lowest BCUT2D eigenvalue weighted by molar-refractivity contribution is 0.409. The monoisotopic (exact) mass is 293 g/mol. The Morgan fingerprint density at radius 2 is 2.30 bits per heavy atom. The number of nitrogens with zero attached hydrogens (tertiary/aromatic N) is 3. The zero-order valence-electron chi connectivity index (χ0n) is 11.2. The van der Waals surface area contributed by atoms with Crippen molar-refractivity contribution in [1.29, 1.82) is 5.26 Å². The molecule has 4 nitrogen and oxygen atoms in total. The van der Waals surface area contributed by atoms with Crippen LogP contribution in [0.2, 0.25) is 0 Å². The predicted octanol–water partition coefficient (Wildman–Crippen LogP) is 3.68. The first-order chi connectivity index (χ1) is 9.54. The van der Waals surface area contributed by atoms with Crippen LogP contribution < -0.4 is 0 Å². The number of nitriles is 1. The Hall–Kier alpha value is -2.06. The second kappa shape index (κ2) is 5.93. The van der Waals surface area contributed by atoms with Crippen molar-refractivity contribution in [2.45, 2.75) is 12.8 Å². The Balaban J connectivity index is 2.50. The molecule has 0 fully saturated rings. The van der Waals surface area contributed by atoms with Gasteiger partial charge in [-0.2, -0.15) is 5.26 Å². The van der Waals surface area contributed by atoms with E-state index >= 15 is 0 Å². The van der Waals surface area contributed by atoms with Crippen molar-refractivity contribution < 1.29 is 8.91 Å². The summed E-state index contributed by atoms with van der Waals surface area (Å²) in [5.74, 6) is -0.0861. The molecule has 0 unspecified atom stereocenters. The number of aromatic nitrogens is 1. The first kappa shape index (κ1) is 14.4. The molecule has 0 spiro atoms. The second-order valence-electron chi connectivity index (χ2n) is 4.53. The average Bonchev–Trinajstić information content (AvgIpc) is 2.79. The van der Waals surface area contributed by atoms with Crippen molar-refractivity contribution in [2.24, 2.45) is 0 Å². The van der Waals surface area contributed by atoms with Gasteiger partial charge in [0.2, 0.25) is 0 Å². The van der Waals surface area contributed by atoms with Crippen LogP contribution in [-0.4, -0.2) is 24.2 Å². The van der Waals surface area contributed by atoms with Gasteiger partial charge >= 0.3 is 0 Å². The highest BCUT2D eigenvalue weighted by atomic mass is 35.5. The van der Waals surface area contributed by atoms with Crippen molar-refractivity contribution >= 4 is 23.3 Å². The molecule has 0 bridgehead atoms. The fourth-order valence-electron chi connectivity index (χ4n) is 1.84. The number of hydrogen-bond donors (Lipinski definition) is 0. The highest BCUT2D eigenvalue weighted by Crippen LogP contribution is 2.37. The first-order valence-electron chi connectivity index (χ1n) is 6.04. The normalized spacial score (nSPS) is 15.4. The Morgan fingerprint density at radius 1 is 1.55 bits per heavy atom. The lowest BCUT2D eigenvalue weighted by Gasteiger charge is -2.10. The maximum atomic E-state index is 14.0. The number of rotatable bonds is 3. The molecule has 0 N–H and O–H groups in total. The Kier molecular flexibility index (Phi) is 4.26. The lowest BCUT2D eigenvalue weighted by atomic mass is 9.99. The minimum absolute atomic E-state index is 0.155. The third kappa shape index (κ3) is 2.75. The minimum atomic E-state index is -0.370. The van der Waals surface area contributed by atoms with E-state index in [9.17, 15) is 9.65 Å². The molecule has 1 heterocycles. The molecule has 2 rings (SSSR count). The summed E-state index contributed by atoms with van der Waals surface area (Å²) >= 11 is 6.02. The SMILES string of the molecule is CN(C)/C=C/c1onc(C2=C(F)CCC=C2Cl)c1C#N. The van der Waals surface area contributed by atoms with E-state index < -0.39 is 0 Å². The van der Waals surface area contributed by atoms with Gasteiger partial charge in [-0.3, -0.25) is 0 Å². The molecule has 1 aromatic heterocycles. The molecule has 1 aliphatic carbocycles. The summed E-state index contributed by atoms with van der Waals surface area (Å²) < 4.78 is 19.1. The van der Waals surface area contributed by atoms with Crippen LogP contribution >= 0.6 is 11.6 Å². The van der Waals surface area contributed by atoms with Crippen molar-refractivity contribution in [3.05, 3.63) is 40.2 Å². The zero-order chi connectivity index (χ0) is 14.7. The lowest BCUT2D eigenvalue weighted by Crippen LogP contribution is -2.00. The molecule has 6 heteroatoms.